The van der Waals surface area contributed by atoms with E-state index < -0.39 is 0 Å². The van der Waals surface area contributed by atoms with Crippen molar-refractivity contribution < 1.29 is 20.1 Å². The van der Waals surface area contributed by atoms with E-state index in [9.17, 15) is 20.1 Å². The molecule has 4 saturated carbocycles. The average molecular weight is 615 g/mol. The second-order valence-electron chi connectivity index (χ2n) is 14.1. The van der Waals surface area contributed by atoms with Gasteiger partial charge < -0.3 is 20.3 Å². The number of azo groups is 1. The number of halogens is 1. The first kappa shape index (κ1) is 28.4. The molecule has 0 unspecified atom stereocenters. The SMILES string of the molecule is C[C@@H](CCC(=O)N=Nc1c(O)[nH]c2ccc(Br)cc12)[C@@H]1CC[C@@H]2[C@H]3[C@H](O)C[C@H]4C[C@@H](O)CC[C@]4(C)[C@@H]3CC[C@@]21C. The highest BCUT2D eigenvalue weighted by atomic mass is 79.9. The third kappa shape index (κ3) is 4.66. The summed E-state index contributed by atoms with van der Waals surface area (Å²) in [5.74, 6) is 2.42. The molecule has 4 fully saturated rings. The summed E-state index contributed by atoms with van der Waals surface area (Å²) in [4.78, 5) is 15.6. The van der Waals surface area contributed by atoms with Crippen molar-refractivity contribution in [2.24, 2.45) is 56.6 Å². The number of hydrogen-bond acceptors (Lipinski definition) is 5. The maximum atomic E-state index is 12.7. The fourth-order valence-corrected chi connectivity index (χ4v) is 10.5. The van der Waals surface area contributed by atoms with Gasteiger partial charge in [-0.15, -0.1) is 10.2 Å². The zero-order valence-electron chi connectivity index (χ0n) is 23.9. The van der Waals surface area contributed by atoms with Gasteiger partial charge in [0.1, 0.15) is 0 Å². The van der Waals surface area contributed by atoms with Crippen molar-refractivity contribution in [2.75, 3.05) is 0 Å². The van der Waals surface area contributed by atoms with Crippen molar-refractivity contribution in [3.63, 3.8) is 0 Å². The number of aromatic nitrogens is 1. The van der Waals surface area contributed by atoms with E-state index in [1.54, 1.807) is 0 Å². The molecule has 4 N–H and O–H groups in total. The molecule has 0 bridgehead atoms. The van der Waals surface area contributed by atoms with E-state index in [2.05, 4.69) is 51.9 Å². The number of fused-ring (bicyclic) bond motifs is 6. The van der Waals surface area contributed by atoms with Crippen LogP contribution in [0.15, 0.2) is 32.9 Å². The molecule has 6 rings (SSSR count). The highest BCUT2D eigenvalue weighted by Gasteiger charge is 2.62. The van der Waals surface area contributed by atoms with Crippen LogP contribution in [0.5, 0.6) is 5.88 Å². The molecule has 4 aliphatic rings. The van der Waals surface area contributed by atoms with E-state index in [1.165, 1.54) is 12.8 Å². The van der Waals surface area contributed by atoms with Crippen LogP contribution in [0.4, 0.5) is 5.69 Å². The Morgan fingerprint density at radius 1 is 1.10 bits per heavy atom. The molecular formula is C32H44BrN3O4. The minimum Gasteiger partial charge on any atom is -0.493 e. The number of hydrogen-bond donors (Lipinski definition) is 4. The minimum atomic E-state index is -0.268. The van der Waals surface area contributed by atoms with E-state index in [0.29, 0.717) is 47.3 Å². The summed E-state index contributed by atoms with van der Waals surface area (Å²) in [5.41, 5.74) is 1.45. The maximum absolute atomic E-state index is 12.7. The van der Waals surface area contributed by atoms with E-state index in [1.807, 2.05) is 18.2 Å². The Morgan fingerprint density at radius 3 is 2.65 bits per heavy atom. The second kappa shape index (κ2) is 10.5. The number of nitrogens with zero attached hydrogens (tertiary/aromatic N) is 2. The lowest BCUT2D eigenvalue weighted by Crippen LogP contribution is -2.58. The van der Waals surface area contributed by atoms with Crippen molar-refractivity contribution in [1.82, 2.24) is 4.98 Å². The first-order valence-corrected chi connectivity index (χ1v) is 16.1. The van der Waals surface area contributed by atoms with Crippen molar-refractivity contribution in [1.29, 1.82) is 0 Å². The lowest BCUT2D eigenvalue weighted by Gasteiger charge is -2.62. The van der Waals surface area contributed by atoms with E-state index in [-0.39, 0.29) is 40.5 Å². The van der Waals surface area contributed by atoms with Crippen LogP contribution in [0.25, 0.3) is 10.9 Å². The molecule has 0 radical (unpaired) electrons. The van der Waals surface area contributed by atoms with Gasteiger partial charge in [-0.2, -0.15) is 0 Å². The molecule has 1 heterocycles. The zero-order valence-corrected chi connectivity index (χ0v) is 25.5. The van der Waals surface area contributed by atoms with Gasteiger partial charge in [0.25, 0.3) is 5.91 Å². The van der Waals surface area contributed by atoms with Crippen molar-refractivity contribution in [3.05, 3.63) is 22.7 Å². The topological polar surface area (TPSA) is 118 Å². The van der Waals surface area contributed by atoms with Gasteiger partial charge in [0.2, 0.25) is 5.88 Å². The Morgan fingerprint density at radius 2 is 1.85 bits per heavy atom. The molecule has 7 nitrogen and oxygen atoms in total. The van der Waals surface area contributed by atoms with Gasteiger partial charge in [-0.1, -0.05) is 36.7 Å². The summed E-state index contributed by atoms with van der Waals surface area (Å²) in [6.07, 6.45) is 8.98. The van der Waals surface area contributed by atoms with Gasteiger partial charge >= 0.3 is 0 Å². The zero-order chi connectivity index (χ0) is 28.4. The van der Waals surface area contributed by atoms with Crippen LogP contribution >= 0.6 is 15.9 Å². The molecule has 4 aliphatic carbocycles. The highest BCUT2D eigenvalue weighted by molar-refractivity contribution is 9.10. The number of amides is 1. The number of rotatable bonds is 5. The van der Waals surface area contributed by atoms with Crippen LogP contribution in [0.1, 0.15) is 85.0 Å². The number of aliphatic hydroxyl groups is 2. The van der Waals surface area contributed by atoms with Crippen LogP contribution < -0.4 is 0 Å². The van der Waals surface area contributed by atoms with Crippen molar-refractivity contribution >= 4 is 38.4 Å². The lowest BCUT2D eigenvalue weighted by atomic mass is 9.43. The number of H-pyrrole nitrogens is 1. The Labute approximate surface area is 245 Å². The summed E-state index contributed by atoms with van der Waals surface area (Å²) in [6.45, 7) is 7.21. The van der Waals surface area contributed by atoms with Gasteiger partial charge in [0, 0.05) is 16.3 Å². The van der Waals surface area contributed by atoms with Crippen LogP contribution in [0.2, 0.25) is 0 Å². The molecule has 0 aliphatic heterocycles. The molecule has 0 saturated heterocycles. The number of aliphatic hydroxyl groups excluding tert-OH is 2. The molecule has 8 heteroatoms. The number of aromatic hydroxyl groups is 1. The average Bonchev–Trinajstić information content (AvgIpc) is 3.42. The molecule has 1 amide bonds. The summed E-state index contributed by atoms with van der Waals surface area (Å²) < 4.78 is 0.861. The summed E-state index contributed by atoms with van der Waals surface area (Å²) >= 11 is 3.44. The number of benzene rings is 1. The molecule has 1 aromatic carbocycles. The Kier molecular flexibility index (Phi) is 7.44. The van der Waals surface area contributed by atoms with Crippen molar-refractivity contribution in [2.45, 2.75) is 97.2 Å². The number of aromatic amines is 1. The molecule has 2 aromatic rings. The van der Waals surface area contributed by atoms with Gasteiger partial charge in [-0.25, -0.2) is 0 Å². The molecule has 218 valence electrons. The quantitative estimate of drug-likeness (QED) is 0.259. The third-order valence-corrected chi connectivity index (χ3v) is 12.7. The Hall–Kier alpha value is -1.77. The van der Waals surface area contributed by atoms with Crippen LogP contribution in [0, 0.1) is 46.3 Å². The van der Waals surface area contributed by atoms with Gasteiger partial charge in [0.15, 0.2) is 5.69 Å². The van der Waals surface area contributed by atoms with Gasteiger partial charge in [0.05, 0.1) is 17.7 Å². The molecule has 10 atom stereocenters. The van der Waals surface area contributed by atoms with E-state index in [4.69, 9.17) is 0 Å². The Bertz CT molecular complexity index is 1310. The van der Waals surface area contributed by atoms with Crippen molar-refractivity contribution in [3.8, 4) is 5.88 Å². The van der Waals surface area contributed by atoms with Crippen LogP contribution in [-0.4, -0.2) is 38.4 Å². The fraction of sp³-hybridized carbons (Fsp3) is 0.719. The molecule has 40 heavy (non-hydrogen) atoms. The molecule has 0 spiro atoms. The summed E-state index contributed by atoms with van der Waals surface area (Å²) in [5, 5.41) is 40.9. The monoisotopic (exact) mass is 613 g/mol. The van der Waals surface area contributed by atoms with Crippen LogP contribution in [0.3, 0.4) is 0 Å². The van der Waals surface area contributed by atoms with Crippen LogP contribution in [-0.2, 0) is 4.79 Å². The standard InChI is InChI=1S/C32H44BrN3O4/c1-17(4-9-27(39)35-36-29-21-16-19(33)5-8-25(21)34-30(29)40)22-6-7-23-28-24(11-13-32(22,23)3)31(2)12-10-20(37)14-18(31)15-26(28)38/h5,8,16-18,20,22-24,26,28,34,37-38,40H,4,6-7,9-15H2,1-3H3/t17-,18+,20-,22-,23+,24+,26+,28+,31-,32+/m0/s1. The molecular weight excluding hydrogens is 570 g/mol. The van der Waals surface area contributed by atoms with E-state index in [0.717, 1.165) is 54.9 Å². The largest absolute Gasteiger partial charge is 0.493 e. The number of carbonyl (C=O) groups is 1. The maximum Gasteiger partial charge on any atom is 0.264 e. The predicted octanol–water partition coefficient (Wildman–Crippen LogP) is 7.65. The lowest BCUT2D eigenvalue weighted by molar-refractivity contribution is -0.174. The summed E-state index contributed by atoms with van der Waals surface area (Å²) in [6, 6.07) is 5.56. The summed E-state index contributed by atoms with van der Waals surface area (Å²) in [7, 11) is 0. The number of carbonyl (C=O) groups excluding carboxylic acids is 1. The minimum absolute atomic E-state index is 0.0898. The molecule has 1 aromatic heterocycles. The first-order valence-electron chi connectivity index (χ1n) is 15.3. The highest BCUT2D eigenvalue weighted by Crippen LogP contribution is 2.68. The first-order chi connectivity index (χ1) is 19.0. The smallest absolute Gasteiger partial charge is 0.264 e. The second-order valence-corrected chi connectivity index (χ2v) is 15.0. The van der Waals surface area contributed by atoms with E-state index >= 15 is 0 Å². The van der Waals surface area contributed by atoms with Gasteiger partial charge in [-0.3, -0.25) is 4.79 Å². The number of nitrogens with one attached hydrogen (secondary N) is 1. The Balaban J connectivity index is 1.11. The predicted molar refractivity (Wildman–Crippen MR) is 158 cm³/mol. The third-order valence-electron chi connectivity index (χ3n) is 12.2. The normalized spacial score (nSPS) is 40.1. The fourth-order valence-electron chi connectivity index (χ4n) is 10.1. The van der Waals surface area contributed by atoms with Gasteiger partial charge in [-0.05, 0) is 122 Å².